The van der Waals surface area contributed by atoms with Crippen molar-refractivity contribution >= 4 is 54.5 Å². The predicted octanol–water partition coefficient (Wildman–Crippen LogP) is 10.9. The topological polar surface area (TPSA) is 3.24 Å². The average molecular weight is 589 g/mol. The smallest absolute Gasteiger partial charge is 0.0714 e. The fourth-order valence-corrected chi connectivity index (χ4v) is 7.37. The molecule has 2 heteroatoms. The lowest BCUT2D eigenvalue weighted by atomic mass is 9.67. The van der Waals surface area contributed by atoms with Crippen molar-refractivity contribution in [3.05, 3.63) is 184 Å². The molecule has 41 heavy (non-hydrogen) atoms. The second-order valence-electron chi connectivity index (χ2n) is 10.7. The van der Waals surface area contributed by atoms with Gasteiger partial charge < -0.3 is 4.90 Å². The summed E-state index contributed by atoms with van der Waals surface area (Å²) in [6, 6.07) is 57.3. The quantitative estimate of drug-likeness (QED) is 0.181. The Morgan fingerprint density at radius 1 is 0.415 bits per heavy atom. The molecule has 7 aromatic carbocycles. The monoisotopic (exact) mass is 587 g/mol. The lowest BCUT2D eigenvalue weighted by Gasteiger charge is -2.35. The molecule has 0 saturated carbocycles. The number of nitrogens with zero attached hydrogens (tertiary/aromatic N) is 1. The number of anilines is 3. The van der Waals surface area contributed by atoms with Gasteiger partial charge in [0.1, 0.15) is 0 Å². The fourth-order valence-electron chi connectivity index (χ4n) is 6.90. The van der Waals surface area contributed by atoms with Gasteiger partial charge in [-0.3, -0.25) is 0 Å². The molecule has 1 aliphatic rings. The van der Waals surface area contributed by atoms with Gasteiger partial charge in [-0.2, -0.15) is 0 Å². The van der Waals surface area contributed by atoms with Crippen LogP contribution >= 0.6 is 15.9 Å². The third-order valence-corrected chi connectivity index (χ3v) is 8.98. The average Bonchev–Trinajstić information content (AvgIpc) is 3.33. The van der Waals surface area contributed by atoms with Gasteiger partial charge in [-0.15, -0.1) is 0 Å². The van der Waals surface area contributed by atoms with Gasteiger partial charge in [0.2, 0.25) is 0 Å². The van der Waals surface area contributed by atoms with Crippen LogP contribution in [0.1, 0.15) is 22.3 Å². The summed E-state index contributed by atoms with van der Waals surface area (Å²) in [6.07, 6.45) is 0. The van der Waals surface area contributed by atoms with Crippen LogP contribution in [0.5, 0.6) is 0 Å². The third kappa shape index (κ3) is 3.61. The summed E-state index contributed by atoms with van der Waals surface area (Å²) in [4.78, 5) is 2.32. The summed E-state index contributed by atoms with van der Waals surface area (Å²) < 4.78 is 1.10. The van der Waals surface area contributed by atoms with Crippen LogP contribution in [0.15, 0.2) is 162 Å². The van der Waals surface area contributed by atoms with Crippen molar-refractivity contribution in [2.75, 3.05) is 4.90 Å². The molecule has 8 rings (SSSR count). The van der Waals surface area contributed by atoms with Gasteiger partial charge in [-0.1, -0.05) is 125 Å². The Labute approximate surface area is 248 Å². The van der Waals surface area contributed by atoms with E-state index >= 15 is 0 Å². The number of halogens is 1. The van der Waals surface area contributed by atoms with Crippen molar-refractivity contribution in [2.24, 2.45) is 0 Å². The third-order valence-electron chi connectivity index (χ3n) is 8.52. The highest BCUT2D eigenvalue weighted by Gasteiger charge is 2.45. The number of para-hydroxylation sites is 2. The first-order valence-corrected chi connectivity index (χ1v) is 14.8. The molecule has 0 amide bonds. The van der Waals surface area contributed by atoms with Crippen LogP contribution in [-0.2, 0) is 5.41 Å². The Balaban J connectivity index is 1.40. The predicted molar refractivity (Wildman–Crippen MR) is 176 cm³/mol. The van der Waals surface area contributed by atoms with Gasteiger partial charge in [0.05, 0.1) is 5.41 Å². The van der Waals surface area contributed by atoms with Crippen LogP contribution in [0.3, 0.4) is 0 Å². The van der Waals surface area contributed by atoms with E-state index in [1.54, 1.807) is 0 Å². The molecule has 1 unspecified atom stereocenters. The molecule has 0 aromatic heterocycles. The zero-order valence-electron chi connectivity index (χ0n) is 22.3. The van der Waals surface area contributed by atoms with Gasteiger partial charge in [0.25, 0.3) is 0 Å². The van der Waals surface area contributed by atoms with Crippen molar-refractivity contribution in [1.82, 2.24) is 0 Å². The summed E-state index contributed by atoms with van der Waals surface area (Å²) in [7, 11) is 0. The maximum absolute atomic E-state index is 3.86. The first-order chi connectivity index (χ1) is 20.2. The molecule has 0 bridgehead atoms. The Morgan fingerprint density at radius 2 is 0.951 bits per heavy atom. The molecule has 194 valence electrons. The van der Waals surface area contributed by atoms with E-state index in [4.69, 9.17) is 0 Å². The van der Waals surface area contributed by atoms with Crippen molar-refractivity contribution < 1.29 is 0 Å². The highest BCUT2D eigenvalue weighted by atomic mass is 79.9. The van der Waals surface area contributed by atoms with Crippen LogP contribution in [0, 0.1) is 0 Å². The maximum atomic E-state index is 3.86. The van der Waals surface area contributed by atoms with E-state index in [0.29, 0.717) is 0 Å². The van der Waals surface area contributed by atoms with E-state index in [9.17, 15) is 0 Å². The molecule has 0 saturated heterocycles. The van der Waals surface area contributed by atoms with E-state index in [1.165, 1.54) is 43.8 Å². The van der Waals surface area contributed by atoms with Crippen molar-refractivity contribution in [2.45, 2.75) is 5.41 Å². The first-order valence-electron chi connectivity index (χ1n) is 14.0. The van der Waals surface area contributed by atoms with Crippen LogP contribution in [0.25, 0.3) is 21.5 Å². The summed E-state index contributed by atoms with van der Waals surface area (Å²) in [6.45, 7) is 0. The Hall–Kier alpha value is -4.66. The number of benzene rings is 7. The summed E-state index contributed by atoms with van der Waals surface area (Å²) in [5.74, 6) is 0. The lowest BCUT2D eigenvalue weighted by molar-refractivity contribution is 0.771. The van der Waals surface area contributed by atoms with E-state index in [2.05, 4.69) is 179 Å². The van der Waals surface area contributed by atoms with E-state index < -0.39 is 5.41 Å². The van der Waals surface area contributed by atoms with Gasteiger partial charge in [-0.25, -0.2) is 0 Å². The van der Waals surface area contributed by atoms with E-state index in [-0.39, 0.29) is 0 Å². The highest BCUT2D eigenvalue weighted by molar-refractivity contribution is 9.10. The second-order valence-corrected chi connectivity index (χ2v) is 11.6. The van der Waals surface area contributed by atoms with Gasteiger partial charge >= 0.3 is 0 Å². The zero-order chi connectivity index (χ0) is 27.4. The van der Waals surface area contributed by atoms with Gasteiger partial charge in [0, 0.05) is 21.5 Å². The highest BCUT2D eigenvalue weighted by Crippen LogP contribution is 2.56. The van der Waals surface area contributed by atoms with Gasteiger partial charge in [-0.05, 0) is 92.3 Å². The van der Waals surface area contributed by atoms with Crippen LogP contribution in [-0.4, -0.2) is 0 Å². The first kappa shape index (κ1) is 24.2. The molecule has 1 aliphatic carbocycles. The minimum absolute atomic E-state index is 0.435. The van der Waals surface area contributed by atoms with E-state index in [0.717, 1.165) is 21.5 Å². The molecule has 0 fully saturated rings. The largest absolute Gasteiger partial charge is 0.311 e. The normalized spacial score (nSPS) is 15.5. The standard InChI is InChI=1S/C39H26BrN/c40-31-25-28-20-19-27-11-10-18-35-37(27)38(28)36(26-31)39(35,29-12-4-1-5-13-29)30-21-23-34(24-22-30)41(32-14-6-2-7-15-32)33-16-8-3-9-17-33/h1-26H. The minimum Gasteiger partial charge on any atom is -0.311 e. The van der Waals surface area contributed by atoms with Crippen LogP contribution in [0.4, 0.5) is 17.1 Å². The number of hydrogen-bond donors (Lipinski definition) is 0. The van der Waals surface area contributed by atoms with Gasteiger partial charge in [0.15, 0.2) is 0 Å². The van der Waals surface area contributed by atoms with E-state index in [1.807, 2.05) is 0 Å². The summed E-state index contributed by atoms with van der Waals surface area (Å²) >= 11 is 3.86. The minimum atomic E-state index is -0.435. The molecular formula is C39H26BrN. The number of hydrogen-bond acceptors (Lipinski definition) is 1. The molecule has 0 heterocycles. The Bertz CT molecular complexity index is 1990. The SMILES string of the molecule is Brc1cc2c3c(ccc4cccc(c43)C2(c2ccccc2)c2ccc(N(c3ccccc3)c3ccccc3)cc2)c1. The maximum Gasteiger partial charge on any atom is 0.0714 e. The molecule has 7 aromatic rings. The molecule has 0 spiro atoms. The Kier molecular flexibility index (Phi) is 5.58. The molecule has 1 nitrogen and oxygen atoms in total. The summed E-state index contributed by atoms with van der Waals surface area (Å²) in [5.41, 5.74) is 8.17. The molecule has 1 atom stereocenters. The van der Waals surface area contributed by atoms with Crippen molar-refractivity contribution in [3.63, 3.8) is 0 Å². The summed E-state index contributed by atoms with van der Waals surface area (Å²) in [5, 5.41) is 5.26. The number of rotatable bonds is 5. The zero-order valence-corrected chi connectivity index (χ0v) is 23.9. The lowest BCUT2D eigenvalue weighted by Crippen LogP contribution is -2.28. The van der Waals surface area contributed by atoms with Crippen LogP contribution < -0.4 is 4.90 Å². The van der Waals surface area contributed by atoms with Crippen LogP contribution in [0.2, 0.25) is 0 Å². The molecule has 0 N–H and O–H groups in total. The van der Waals surface area contributed by atoms with Crippen molar-refractivity contribution in [1.29, 1.82) is 0 Å². The Morgan fingerprint density at radius 3 is 1.61 bits per heavy atom. The molecule has 0 radical (unpaired) electrons. The fraction of sp³-hybridized carbons (Fsp3) is 0.0256. The molecular weight excluding hydrogens is 562 g/mol. The molecule has 0 aliphatic heterocycles. The second kappa shape index (κ2) is 9.47. The van der Waals surface area contributed by atoms with Crippen molar-refractivity contribution in [3.8, 4) is 0 Å².